The van der Waals surface area contributed by atoms with E-state index in [1.54, 1.807) is 6.07 Å². The van der Waals surface area contributed by atoms with E-state index in [0.717, 1.165) is 16.9 Å². The molecule has 15 heavy (non-hydrogen) atoms. The lowest BCUT2D eigenvalue weighted by Gasteiger charge is -2.01. The van der Waals surface area contributed by atoms with E-state index in [9.17, 15) is 4.79 Å². The van der Waals surface area contributed by atoms with Gasteiger partial charge in [0.05, 0.1) is 5.56 Å². The monoisotopic (exact) mass is 200 g/mol. The zero-order chi connectivity index (χ0) is 10.8. The number of ketones is 1. The Labute approximate surface area is 88.5 Å². The predicted molar refractivity (Wildman–Crippen MR) is 58.1 cm³/mol. The van der Waals surface area contributed by atoms with Crippen molar-refractivity contribution < 1.29 is 9.21 Å². The lowest BCUT2D eigenvalue weighted by Crippen LogP contribution is -2.01. The van der Waals surface area contributed by atoms with E-state index in [1.165, 1.54) is 6.26 Å². The molecule has 0 amide bonds. The topological polar surface area (TPSA) is 30.2 Å². The number of benzene rings is 1. The average Bonchev–Trinajstić information content (AvgIpc) is 2.65. The van der Waals surface area contributed by atoms with E-state index in [2.05, 4.69) is 0 Å². The normalized spacial score (nSPS) is 10.3. The van der Waals surface area contributed by atoms with Crippen LogP contribution in [0.1, 0.15) is 27.2 Å². The summed E-state index contributed by atoms with van der Waals surface area (Å²) in [6.45, 7) is 3.76. The largest absolute Gasteiger partial charge is 0.469 e. The number of aryl methyl sites for hydroxylation is 2. The summed E-state index contributed by atoms with van der Waals surface area (Å²) in [4.78, 5) is 12.0. The minimum absolute atomic E-state index is 0.0185. The molecule has 2 heteroatoms. The molecule has 1 aromatic heterocycles. The molecular weight excluding hydrogens is 188 g/mol. The Morgan fingerprint density at radius 1 is 1.20 bits per heavy atom. The zero-order valence-corrected chi connectivity index (χ0v) is 8.78. The minimum atomic E-state index is 0.0185. The van der Waals surface area contributed by atoms with Gasteiger partial charge in [0.25, 0.3) is 0 Å². The van der Waals surface area contributed by atoms with Crippen LogP contribution in [0.5, 0.6) is 0 Å². The van der Waals surface area contributed by atoms with E-state index < -0.39 is 0 Å². The van der Waals surface area contributed by atoms with Crippen LogP contribution in [0.25, 0.3) is 0 Å². The summed E-state index contributed by atoms with van der Waals surface area (Å²) in [5.74, 6) is 0.775. The first-order chi connectivity index (χ1) is 7.18. The standard InChI is InChI=1S/C13H12O2/c1-9-5-3-4-6-12(9)13(14)11-7-10(2)15-8-11/h3-8H,1-2H3. The van der Waals surface area contributed by atoms with E-state index in [4.69, 9.17) is 4.42 Å². The third kappa shape index (κ3) is 1.84. The number of carbonyl (C=O) groups excluding carboxylic acids is 1. The van der Waals surface area contributed by atoms with Crippen LogP contribution in [-0.4, -0.2) is 5.78 Å². The molecular formula is C13H12O2. The van der Waals surface area contributed by atoms with E-state index in [-0.39, 0.29) is 5.78 Å². The molecule has 2 nitrogen and oxygen atoms in total. The first-order valence-corrected chi connectivity index (χ1v) is 4.84. The molecule has 76 valence electrons. The first kappa shape index (κ1) is 9.71. The second kappa shape index (κ2) is 3.73. The van der Waals surface area contributed by atoms with Crippen molar-refractivity contribution in [2.24, 2.45) is 0 Å². The second-order valence-electron chi connectivity index (χ2n) is 3.59. The quantitative estimate of drug-likeness (QED) is 0.697. The molecule has 0 N–H and O–H groups in total. The summed E-state index contributed by atoms with van der Waals surface area (Å²) >= 11 is 0. The summed E-state index contributed by atoms with van der Waals surface area (Å²) in [7, 11) is 0. The number of hydrogen-bond acceptors (Lipinski definition) is 2. The first-order valence-electron chi connectivity index (χ1n) is 4.84. The zero-order valence-electron chi connectivity index (χ0n) is 8.78. The molecule has 2 aromatic rings. The van der Waals surface area contributed by atoms with Gasteiger partial charge < -0.3 is 4.42 Å². The van der Waals surface area contributed by atoms with Crippen molar-refractivity contribution in [1.82, 2.24) is 0 Å². The van der Waals surface area contributed by atoms with Gasteiger partial charge in [-0.15, -0.1) is 0 Å². The van der Waals surface area contributed by atoms with Crippen molar-refractivity contribution in [1.29, 1.82) is 0 Å². The molecule has 0 unspecified atom stereocenters. The molecule has 0 spiro atoms. The molecule has 0 aliphatic heterocycles. The fraction of sp³-hybridized carbons (Fsp3) is 0.154. The molecule has 0 aliphatic carbocycles. The summed E-state index contributed by atoms with van der Waals surface area (Å²) in [5, 5.41) is 0. The van der Waals surface area contributed by atoms with Gasteiger partial charge in [-0.3, -0.25) is 4.79 Å². The van der Waals surface area contributed by atoms with Gasteiger partial charge in [0.2, 0.25) is 0 Å². The van der Waals surface area contributed by atoms with Crippen LogP contribution in [0, 0.1) is 13.8 Å². The van der Waals surface area contributed by atoms with Crippen molar-refractivity contribution in [2.45, 2.75) is 13.8 Å². The molecule has 2 rings (SSSR count). The smallest absolute Gasteiger partial charge is 0.196 e. The molecule has 0 bridgehead atoms. The van der Waals surface area contributed by atoms with Crippen LogP contribution in [0.3, 0.4) is 0 Å². The van der Waals surface area contributed by atoms with Gasteiger partial charge in [-0.2, -0.15) is 0 Å². The Hall–Kier alpha value is -1.83. The molecule has 1 aromatic carbocycles. The predicted octanol–water partition coefficient (Wildman–Crippen LogP) is 3.13. The van der Waals surface area contributed by atoms with Gasteiger partial charge in [0.1, 0.15) is 12.0 Å². The molecule has 0 fully saturated rings. The number of rotatable bonds is 2. The molecule has 0 saturated carbocycles. The summed E-state index contributed by atoms with van der Waals surface area (Å²) in [5.41, 5.74) is 2.33. The minimum Gasteiger partial charge on any atom is -0.469 e. The summed E-state index contributed by atoms with van der Waals surface area (Å²) in [6, 6.07) is 9.31. The number of furan rings is 1. The van der Waals surface area contributed by atoms with Gasteiger partial charge in [0.15, 0.2) is 5.78 Å². The Morgan fingerprint density at radius 3 is 2.53 bits per heavy atom. The lowest BCUT2D eigenvalue weighted by molar-refractivity contribution is 0.103. The van der Waals surface area contributed by atoms with Gasteiger partial charge in [-0.05, 0) is 25.5 Å². The fourth-order valence-corrected chi connectivity index (χ4v) is 1.55. The molecule has 1 heterocycles. The van der Waals surface area contributed by atoms with Crippen molar-refractivity contribution in [3.05, 3.63) is 59.0 Å². The van der Waals surface area contributed by atoms with Crippen molar-refractivity contribution in [3.63, 3.8) is 0 Å². The SMILES string of the molecule is Cc1cc(C(=O)c2ccccc2C)co1. The van der Waals surface area contributed by atoms with Gasteiger partial charge in [0, 0.05) is 5.56 Å². The van der Waals surface area contributed by atoms with Crippen LogP contribution in [0.4, 0.5) is 0 Å². The van der Waals surface area contributed by atoms with E-state index in [0.29, 0.717) is 5.56 Å². The third-order valence-corrected chi connectivity index (χ3v) is 2.38. The van der Waals surface area contributed by atoms with Crippen LogP contribution in [-0.2, 0) is 0 Å². The second-order valence-corrected chi connectivity index (χ2v) is 3.59. The van der Waals surface area contributed by atoms with Crippen LogP contribution >= 0.6 is 0 Å². The maximum atomic E-state index is 12.0. The summed E-state index contributed by atoms with van der Waals surface area (Å²) in [6.07, 6.45) is 1.50. The van der Waals surface area contributed by atoms with Crippen molar-refractivity contribution >= 4 is 5.78 Å². The maximum absolute atomic E-state index is 12.0. The van der Waals surface area contributed by atoms with Crippen molar-refractivity contribution in [2.75, 3.05) is 0 Å². The number of hydrogen-bond donors (Lipinski definition) is 0. The maximum Gasteiger partial charge on any atom is 0.196 e. The number of carbonyl (C=O) groups is 1. The molecule has 0 saturated heterocycles. The molecule has 0 aliphatic rings. The lowest BCUT2D eigenvalue weighted by atomic mass is 10.0. The van der Waals surface area contributed by atoms with Crippen molar-refractivity contribution in [3.8, 4) is 0 Å². The highest BCUT2D eigenvalue weighted by atomic mass is 16.3. The Kier molecular flexibility index (Phi) is 2.42. The Bertz CT molecular complexity index is 495. The fourth-order valence-electron chi connectivity index (χ4n) is 1.55. The van der Waals surface area contributed by atoms with E-state index >= 15 is 0 Å². The average molecular weight is 200 g/mol. The van der Waals surface area contributed by atoms with Gasteiger partial charge >= 0.3 is 0 Å². The Morgan fingerprint density at radius 2 is 1.93 bits per heavy atom. The highest BCUT2D eigenvalue weighted by Gasteiger charge is 2.12. The van der Waals surface area contributed by atoms with Crippen LogP contribution in [0.15, 0.2) is 41.0 Å². The molecule has 0 radical (unpaired) electrons. The third-order valence-electron chi connectivity index (χ3n) is 2.38. The van der Waals surface area contributed by atoms with Gasteiger partial charge in [-0.25, -0.2) is 0 Å². The Balaban J connectivity index is 2.41. The summed E-state index contributed by atoms with van der Waals surface area (Å²) < 4.78 is 5.13. The molecule has 0 atom stereocenters. The van der Waals surface area contributed by atoms with Crippen LogP contribution in [0.2, 0.25) is 0 Å². The highest BCUT2D eigenvalue weighted by molar-refractivity contribution is 6.09. The van der Waals surface area contributed by atoms with Gasteiger partial charge in [-0.1, -0.05) is 24.3 Å². The van der Waals surface area contributed by atoms with Crippen LogP contribution < -0.4 is 0 Å². The highest BCUT2D eigenvalue weighted by Crippen LogP contribution is 2.15. The van der Waals surface area contributed by atoms with E-state index in [1.807, 2.05) is 38.1 Å².